The quantitative estimate of drug-likeness (QED) is 0.928. The Labute approximate surface area is 111 Å². The van der Waals surface area contributed by atoms with E-state index in [1.54, 1.807) is 0 Å². The zero-order chi connectivity index (χ0) is 12.3. The zero-order valence-corrected chi connectivity index (χ0v) is 11.9. The topological polar surface area (TPSA) is 46.2 Å². The van der Waals surface area contributed by atoms with Crippen molar-refractivity contribution in [3.8, 4) is 0 Å². The number of nitrogens with one attached hydrogen (secondary N) is 1. The second-order valence-electron chi connectivity index (χ2n) is 4.44. The highest BCUT2D eigenvalue weighted by molar-refractivity contribution is 9.10. The first-order valence-corrected chi connectivity index (χ1v) is 8.35. The minimum Gasteiger partial charge on any atom is -0.310 e. The smallest absolute Gasteiger partial charge is 0.150 e. The van der Waals surface area contributed by atoms with Crippen LogP contribution >= 0.6 is 15.9 Å². The van der Waals surface area contributed by atoms with E-state index >= 15 is 0 Å². The Morgan fingerprint density at radius 2 is 2.00 bits per heavy atom. The van der Waals surface area contributed by atoms with Gasteiger partial charge in [-0.1, -0.05) is 28.1 Å². The number of benzene rings is 1. The fourth-order valence-electron chi connectivity index (χ4n) is 2.00. The summed E-state index contributed by atoms with van der Waals surface area (Å²) in [4.78, 5) is 0. The lowest BCUT2D eigenvalue weighted by atomic mass is 10.1. The van der Waals surface area contributed by atoms with E-state index in [1.807, 2.05) is 12.1 Å². The monoisotopic (exact) mass is 317 g/mol. The Bertz CT molecular complexity index is 473. The van der Waals surface area contributed by atoms with E-state index in [4.69, 9.17) is 0 Å². The number of rotatable bonds is 3. The number of halogens is 1. The summed E-state index contributed by atoms with van der Waals surface area (Å²) >= 11 is 3.44. The highest BCUT2D eigenvalue weighted by Gasteiger charge is 2.22. The fourth-order valence-corrected chi connectivity index (χ4v) is 3.94. The van der Waals surface area contributed by atoms with E-state index in [2.05, 4.69) is 33.4 Å². The van der Waals surface area contributed by atoms with Crippen LogP contribution in [0, 0.1) is 0 Å². The average Bonchev–Trinajstić information content (AvgIpc) is 2.28. The Hall–Kier alpha value is -0.390. The third-order valence-electron chi connectivity index (χ3n) is 3.04. The van der Waals surface area contributed by atoms with Gasteiger partial charge in [-0.2, -0.15) is 0 Å². The molecule has 17 heavy (non-hydrogen) atoms. The van der Waals surface area contributed by atoms with Gasteiger partial charge in [0, 0.05) is 17.1 Å². The Kier molecular flexibility index (Phi) is 4.22. The highest BCUT2D eigenvalue weighted by atomic mass is 79.9. The van der Waals surface area contributed by atoms with Crippen LogP contribution in [0.5, 0.6) is 0 Å². The minimum atomic E-state index is -2.75. The van der Waals surface area contributed by atoms with Crippen LogP contribution in [0.4, 0.5) is 0 Å². The van der Waals surface area contributed by atoms with Crippen molar-refractivity contribution in [3.05, 3.63) is 34.3 Å². The van der Waals surface area contributed by atoms with Crippen LogP contribution in [0.3, 0.4) is 0 Å². The van der Waals surface area contributed by atoms with Crippen molar-refractivity contribution < 1.29 is 8.42 Å². The first-order valence-electron chi connectivity index (χ1n) is 5.73. The first kappa shape index (κ1) is 13.1. The molecule has 1 aromatic rings. The van der Waals surface area contributed by atoms with Crippen LogP contribution in [0.25, 0.3) is 0 Å². The normalized spacial score (nSPS) is 20.3. The fraction of sp³-hybridized carbons (Fsp3) is 0.500. The summed E-state index contributed by atoms with van der Waals surface area (Å²) in [5.41, 5.74) is 1.22. The Morgan fingerprint density at radius 1 is 1.29 bits per heavy atom. The van der Waals surface area contributed by atoms with Crippen LogP contribution in [-0.2, 0) is 16.4 Å². The van der Waals surface area contributed by atoms with Crippen molar-refractivity contribution in [3.63, 3.8) is 0 Å². The average molecular weight is 318 g/mol. The molecule has 0 aliphatic carbocycles. The molecule has 1 N–H and O–H groups in total. The molecule has 1 heterocycles. The molecule has 1 aliphatic rings. The number of hydrogen-bond acceptors (Lipinski definition) is 3. The van der Waals surface area contributed by atoms with Gasteiger partial charge in [0.1, 0.15) is 9.84 Å². The van der Waals surface area contributed by atoms with Gasteiger partial charge in [-0.25, -0.2) is 8.42 Å². The molecule has 0 unspecified atom stereocenters. The highest BCUT2D eigenvalue weighted by Crippen LogP contribution is 2.14. The summed E-state index contributed by atoms with van der Waals surface area (Å²) in [6.07, 6.45) is 1.46. The molecule has 3 nitrogen and oxygen atoms in total. The summed E-state index contributed by atoms with van der Waals surface area (Å²) in [5.74, 6) is 0.645. The van der Waals surface area contributed by atoms with Gasteiger partial charge in [0.25, 0.3) is 0 Å². The summed E-state index contributed by atoms with van der Waals surface area (Å²) in [6, 6.07) is 8.48. The number of sulfone groups is 1. The van der Waals surface area contributed by atoms with Gasteiger partial charge < -0.3 is 5.32 Å². The molecule has 1 aliphatic heterocycles. The summed E-state index contributed by atoms with van der Waals surface area (Å²) in [6.45, 7) is 0.796. The predicted molar refractivity (Wildman–Crippen MR) is 72.7 cm³/mol. The molecule has 0 saturated carbocycles. The lowest BCUT2D eigenvalue weighted by Crippen LogP contribution is -2.37. The molecule has 2 rings (SSSR count). The summed E-state index contributed by atoms with van der Waals surface area (Å²) in [7, 11) is -2.75. The summed E-state index contributed by atoms with van der Waals surface area (Å²) < 4.78 is 23.6. The van der Waals surface area contributed by atoms with Gasteiger partial charge in [0.2, 0.25) is 0 Å². The maximum atomic E-state index is 11.3. The van der Waals surface area contributed by atoms with E-state index < -0.39 is 9.84 Å². The maximum absolute atomic E-state index is 11.3. The number of hydrogen-bond donors (Lipinski definition) is 1. The van der Waals surface area contributed by atoms with Crippen molar-refractivity contribution in [2.75, 3.05) is 11.5 Å². The van der Waals surface area contributed by atoms with E-state index in [9.17, 15) is 8.42 Å². The molecule has 94 valence electrons. The second-order valence-corrected chi connectivity index (χ2v) is 7.66. The van der Waals surface area contributed by atoms with Crippen LogP contribution in [0.15, 0.2) is 28.7 Å². The lowest BCUT2D eigenvalue weighted by molar-refractivity contribution is 0.463. The van der Waals surface area contributed by atoms with E-state index in [0.717, 1.165) is 23.9 Å². The molecule has 1 fully saturated rings. The van der Waals surface area contributed by atoms with Crippen LogP contribution in [0.2, 0.25) is 0 Å². The van der Waals surface area contributed by atoms with Gasteiger partial charge in [-0.3, -0.25) is 0 Å². The van der Waals surface area contributed by atoms with E-state index in [-0.39, 0.29) is 0 Å². The maximum Gasteiger partial charge on any atom is 0.150 e. The molecule has 0 atom stereocenters. The van der Waals surface area contributed by atoms with Gasteiger partial charge >= 0.3 is 0 Å². The molecule has 0 bridgehead atoms. The van der Waals surface area contributed by atoms with Crippen molar-refractivity contribution in [2.24, 2.45) is 0 Å². The Morgan fingerprint density at radius 3 is 2.65 bits per heavy atom. The van der Waals surface area contributed by atoms with Crippen molar-refractivity contribution in [2.45, 2.75) is 25.4 Å². The van der Waals surface area contributed by atoms with E-state index in [1.165, 1.54) is 5.56 Å². The van der Waals surface area contributed by atoms with Crippen LogP contribution < -0.4 is 5.32 Å². The van der Waals surface area contributed by atoms with Gasteiger partial charge in [-0.05, 0) is 30.5 Å². The molecule has 0 radical (unpaired) electrons. The van der Waals surface area contributed by atoms with Gasteiger partial charge in [0.05, 0.1) is 11.5 Å². The molecule has 1 saturated heterocycles. The van der Waals surface area contributed by atoms with E-state index in [0.29, 0.717) is 17.5 Å². The third-order valence-corrected chi connectivity index (χ3v) is 5.25. The molecule has 5 heteroatoms. The SMILES string of the molecule is O=S1(=O)CCC(NCc2cccc(Br)c2)CC1. The van der Waals surface area contributed by atoms with Crippen molar-refractivity contribution in [1.29, 1.82) is 0 Å². The largest absolute Gasteiger partial charge is 0.310 e. The summed E-state index contributed by atoms with van der Waals surface area (Å²) in [5, 5.41) is 3.42. The van der Waals surface area contributed by atoms with Crippen LogP contribution in [-0.4, -0.2) is 26.0 Å². The molecule has 1 aromatic carbocycles. The molecule has 0 spiro atoms. The van der Waals surface area contributed by atoms with Gasteiger partial charge in [0.15, 0.2) is 0 Å². The van der Waals surface area contributed by atoms with Crippen molar-refractivity contribution >= 4 is 25.8 Å². The standard InChI is InChI=1S/C12H16BrNO2S/c13-11-3-1-2-10(8-11)9-14-12-4-6-17(15,16)7-5-12/h1-3,8,12,14H,4-7,9H2. The lowest BCUT2D eigenvalue weighted by Gasteiger charge is -2.23. The predicted octanol–water partition coefficient (Wildman–Crippen LogP) is 2.12. The minimum absolute atomic E-state index is 0.323. The Balaban J connectivity index is 1.84. The first-order chi connectivity index (χ1) is 8.05. The molecular formula is C12H16BrNO2S. The molecule has 0 amide bonds. The second kappa shape index (κ2) is 5.50. The van der Waals surface area contributed by atoms with Gasteiger partial charge in [-0.15, -0.1) is 0 Å². The molecular weight excluding hydrogens is 302 g/mol. The zero-order valence-electron chi connectivity index (χ0n) is 9.52. The van der Waals surface area contributed by atoms with Crippen molar-refractivity contribution in [1.82, 2.24) is 5.32 Å². The molecule has 0 aromatic heterocycles. The third kappa shape index (κ3) is 4.08. The van der Waals surface area contributed by atoms with Crippen LogP contribution in [0.1, 0.15) is 18.4 Å².